The van der Waals surface area contributed by atoms with Crippen molar-refractivity contribution in [3.63, 3.8) is 0 Å². The summed E-state index contributed by atoms with van der Waals surface area (Å²) in [5, 5.41) is 9.41. The number of Topliss-reactive ketones (excluding diaryl/α,β-unsaturated/α-hetero) is 1. The highest BCUT2D eigenvalue weighted by atomic mass is 16.3. The highest BCUT2D eigenvalue weighted by Crippen LogP contribution is 2.48. The van der Waals surface area contributed by atoms with E-state index in [1.165, 1.54) is 0 Å². The van der Waals surface area contributed by atoms with E-state index in [1.807, 2.05) is 0 Å². The summed E-state index contributed by atoms with van der Waals surface area (Å²) in [5.74, 6) is 1.55. The van der Waals surface area contributed by atoms with Gasteiger partial charge in [-0.3, -0.25) is 4.79 Å². The zero-order valence-electron chi connectivity index (χ0n) is 6.79. The lowest BCUT2D eigenvalue weighted by atomic mass is 9.85. The van der Waals surface area contributed by atoms with E-state index in [2.05, 4.69) is 0 Å². The van der Waals surface area contributed by atoms with Gasteiger partial charge in [0.2, 0.25) is 0 Å². The van der Waals surface area contributed by atoms with Gasteiger partial charge in [0, 0.05) is 5.92 Å². The molecule has 0 aromatic rings. The highest BCUT2D eigenvalue weighted by molar-refractivity contribution is 5.79. The second-order valence-electron chi connectivity index (χ2n) is 4.01. The summed E-state index contributed by atoms with van der Waals surface area (Å²) in [6, 6.07) is 0. The van der Waals surface area contributed by atoms with Gasteiger partial charge in [0.05, 0.1) is 6.10 Å². The molecule has 0 aromatic carbocycles. The van der Waals surface area contributed by atoms with Crippen molar-refractivity contribution in [1.29, 1.82) is 0 Å². The van der Waals surface area contributed by atoms with Crippen LogP contribution >= 0.6 is 0 Å². The fourth-order valence-corrected chi connectivity index (χ4v) is 2.74. The molecule has 4 atom stereocenters. The molecule has 0 heterocycles. The predicted molar refractivity (Wildman–Crippen MR) is 41.0 cm³/mol. The van der Waals surface area contributed by atoms with Crippen molar-refractivity contribution in [1.82, 2.24) is 0 Å². The van der Waals surface area contributed by atoms with Gasteiger partial charge in [-0.2, -0.15) is 0 Å². The van der Waals surface area contributed by atoms with Gasteiger partial charge in [-0.15, -0.1) is 0 Å². The maximum absolute atomic E-state index is 11.1. The molecule has 2 rings (SSSR count). The SMILES string of the molecule is CC(=O)[C@H]1C[C@H]2C[C@@H]1C[C@@H]2O. The van der Waals surface area contributed by atoms with Crippen molar-refractivity contribution in [2.75, 3.05) is 0 Å². The first-order valence-electron chi connectivity index (χ1n) is 4.37. The quantitative estimate of drug-likeness (QED) is 0.611. The third-order valence-electron chi connectivity index (χ3n) is 3.34. The van der Waals surface area contributed by atoms with Gasteiger partial charge in [0.1, 0.15) is 5.78 Å². The second kappa shape index (κ2) is 2.31. The van der Waals surface area contributed by atoms with Crippen LogP contribution in [-0.4, -0.2) is 17.0 Å². The number of hydrogen-bond donors (Lipinski definition) is 1. The largest absolute Gasteiger partial charge is 0.393 e. The number of fused-ring (bicyclic) bond motifs is 2. The molecule has 2 heteroatoms. The van der Waals surface area contributed by atoms with Gasteiger partial charge in [0.25, 0.3) is 0 Å². The molecule has 0 aromatic heterocycles. The van der Waals surface area contributed by atoms with Crippen LogP contribution in [0.25, 0.3) is 0 Å². The Balaban J connectivity index is 2.08. The molecule has 62 valence electrons. The van der Waals surface area contributed by atoms with Crippen LogP contribution < -0.4 is 0 Å². The van der Waals surface area contributed by atoms with Crippen molar-refractivity contribution in [3.05, 3.63) is 0 Å². The molecule has 2 bridgehead atoms. The molecule has 2 aliphatic carbocycles. The van der Waals surface area contributed by atoms with Gasteiger partial charge in [-0.05, 0) is 38.0 Å². The van der Waals surface area contributed by atoms with Crippen LogP contribution in [0.4, 0.5) is 0 Å². The summed E-state index contributed by atoms with van der Waals surface area (Å²) in [4.78, 5) is 11.1. The molecular weight excluding hydrogens is 140 g/mol. The van der Waals surface area contributed by atoms with Crippen molar-refractivity contribution >= 4 is 5.78 Å². The zero-order chi connectivity index (χ0) is 8.01. The van der Waals surface area contributed by atoms with Crippen molar-refractivity contribution in [3.8, 4) is 0 Å². The topological polar surface area (TPSA) is 37.3 Å². The summed E-state index contributed by atoms with van der Waals surface area (Å²) in [7, 11) is 0. The van der Waals surface area contributed by atoms with Crippen LogP contribution in [0, 0.1) is 17.8 Å². The molecule has 0 saturated heterocycles. The van der Waals surface area contributed by atoms with Gasteiger partial charge < -0.3 is 5.11 Å². The number of carbonyl (C=O) groups is 1. The molecule has 2 fully saturated rings. The van der Waals surface area contributed by atoms with Gasteiger partial charge >= 0.3 is 0 Å². The van der Waals surface area contributed by atoms with E-state index in [0.29, 0.717) is 17.6 Å². The van der Waals surface area contributed by atoms with Crippen molar-refractivity contribution in [2.45, 2.75) is 32.3 Å². The fourth-order valence-electron chi connectivity index (χ4n) is 2.74. The molecule has 0 aliphatic heterocycles. The normalized spacial score (nSPS) is 48.2. The maximum atomic E-state index is 11.1. The van der Waals surface area contributed by atoms with Crippen LogP contribution in [0.15, 0.2) is 0 Å². The Morgan fingerprint density at radius 1 is 1.27 bits per heavy atom. The van der Waals surface area contributed by atoms with Crippen LogP contribution in [0.5, 0.6) is 0 Å². The van der Waals surface area contributed by atoms with Gasteiger partial charge in [0.15, 0.2) is 0 Å². The summed E-state index contributed by atoms with van der Waals surface area (Å²) < 4.78 is 0. The Labute approximate surface area is 66.6 Å². The lowest BCUT2D eigenvalue weighted by Crippen LogP contribution is -2.25. The molecular formula is C9H14O2. The van der Waals surface area contributed by atoms with E-state index in [1.54, 1.807) is 6.92 Å². The van der Waals surface area contributed by atoms with E-state index >= 15 is 0 Å². The minimum atomic E-state index is -0.101. The van der Waals surface area contributed by atoms with Crippen LogP contribution in [0.1, 0.15) is 26.2 Å². The number of ketones is 1. The number of aliphatic hydroxyl groups excluding tert-OH is 1. The number of carbonyl (C=O) groups excluding carboxylic acids is 1. The second-order valence-corrected chi connectivity index (χ2v) is 4.01. The maximum Gasteiger partial charge on any atom is 0.133 e. The Kier molecular flexibility index (Phi) is 1.53. The average Bonchev–Trinajstić information content (AvgIpc) is 2.43. The Hall–Kier alpha value is -0.370. The third kappa shape index (κ3) is 1.00. The number of rotatable bonds is 1. The lowest BCUT2D eigenvalue weighted by molar-refractivity contribution is -0.122. The summed E-state index contributed by atoms with van der Waals surface area (Å²) >= 11 is 0. The number of hydrogen-bond acceptors (Lipinski definition) is 2. The summed E-state index contributed by atoms with van der Waals surface area (Å²) in [5.41, 5.74) is 0. The fraction of sp³-hybridized carbons (Fsp3) is 0.889. The van der Waals surface area contributed by atoms with E-state index in [9.17, 15) is 9.90 Å². The van der Waals surface area contributed by atoms with Crippen LogP contribution in [0.3, 0.4) is 0 Å². The van der Waals surface area contributed by atoms with E-state index in [0.717, 1.165) is 19.3 Å². The number of aliphatic hydroxyl groups is 1. The third-order valence-corrected chi connectivity index (χ3v) is 3.34. The molecule has 2 aliphatic rings. The average molecular weight is 154 g/mol. The minimum absolute atomic E-state index is 0.101. The molecule has 11 heavy (non-hydrogen) atoms. The molecule has 0 amide bonds. The van der Waals surface area contributed by atoms with Gasteiger partial charge in [-0.1, -0.05) is 0 Å². The highest BCUT2D eigenvalue weighted by Gasteiger charge is 2.46. The van der Waals surface area contributed by atoms with E-state index in [-0.39, 0.29) is 12.0 Å². The molecule has 2 saturated carbocycles. The smallest absolute Gasteiger partial charge is 0.133 e. The predicted octanol–water partition coefficient (Wildman–Crippen LogP) is 0.982. The first-order chi connectivity index (χ1) is 5.18. The van der Waals surface area contributed by atoms with Crippen molar-refractivity contribution in [2.24, 2.45) is 17.8 Å². The molecule has 0 radical (unpaired) electrons. The van der Waals surface area contributed by atoms with E-state index in [4.69, 9.17) is 0 Å². The van der Waals surface area contributed by atoms with Crippen LogP contribution in [-0.2, 0) is 4.79 Å². The Morgan fingerprint density at radius 3 is 2.36 bits per heavy atom. The first kappa shape index (κ1) is 7.29. The van der Waals surface area contributed by atoms with Gasteiger partial charge in [-0.25, -0.2) is 0 Å². The Morgan fingerprint density at radius 2 is 2.00 bits per heavy atom. The van der Waals surface area contributed by atoms with E-state index < -0.39 is 0 Å². The zero-order valence-corrected chi connectivity index (χ0v) is 6.79. The summed E-state index contributed by atoms with van der Waals surface area (Å²) in [6.07, 6.45) is 2.80. The molecule has 2 nitrogen and oxygen atoms in total. The summed E-state index contributed by atoms with van der Waals surface area (Å²) in [6.45, 7) is 1.68. The standard InChI is InChI=1S/C9H14O2/c1-5(10)8-3-7-2-6(8)4-9(7)11/h6-9,11H,2-4H2,1H3/t6-,7-,8-,9+/m1/s1. The minimum Gasteiger partial charge on any atom is -0.393 e. The Bertz CT molecular complexity index is 186. The molecule has 0 spiro atoms. The molecule has 0 unspecified atom stereocenters. The molecule has 1 N–H and O–H groups in total. The first-order valence-corrected chi connectivity index (χ1v) is 4.37. The van der Waals surface area contributed by atoms with Crippen LogP contribution in [0.2, 0.25) is 0 Å². The lowest BCUT2D eigenvalue weighted by Gasteiger charge is -2.22. The van der Waals surface area contributed by atoms with Crippen molar-refractivity contribution < 1.29 is 9.90 Å². The monoisotopic (exact) mass is 154 g/mol.